The summed E-state index contributed by atoms with van der Waals surface area (Å²) >= 11 is 0. The molecule has 0 saturated heterocycles. The van der Waals surface area contributed by atoms with Crippen LogP contribution in [0.2, 0.25) is 0 Å². The van der Waals surface area contributed by atoms with Gasteiger partial charge < -0.3 is 10.1 Å². The number of hydrogen-bond acceptors (Lipinski definition) is 3. The molecular weight excluding hydrogens is 314 g/mol. The third-order valence-electron chi connectivity index (χ3n) is 4.74. The minimum Gasteiger partial charge on any atom is -0.368 e. The average molecular weight is 341 g/mol. The Morgan fingerprint density at radius 3 is 3.04 bits per heavy atom. The molecule has 0 spiro atoms. The molecule has 1 amide bonds. The van der Waals surface area contributed by atoms with E-state index in [1.54, 1.807) is 10.9 Å². The van der Waals surface area contributed by atoms with Crippen molar-refractivity contribution in [2.24, 2.45) is 5.92 Å². The van der Waals surface area contributed by atoms with E-state index in [2.05, 4.69) is 42.5 Å². The number of anilines is 1. The van der Waals surface area contributed by atoms with Crippen molar-refractivity contribution in [2.75, 3.05) is 11.9 Å². The van der Waals surface area contributed by atoms with E-state index in [1.165, 1.54) is 18.4 Å². The van der Waals surface area contributed by atoms with Gasteiger partial charge in [0.2, 0.25) is 0 Å². The lowest BCUT2D eigenvalue weighted by atomic mass is 9.89. The molecule has 1 fully saturated rings. The molecule has 1 aliphatic carbocycles. The van der Waals surface area contributed by atoms with Gasteiger partial charge >= 0.3 is 0 Å². The molecule has 0 aliphatic heterocycles. The van der Waals surface area contributed by atoms with Crippen LogP contribution in [0.25, 0.3) is 0 Å². The Hall–Kier alpha value is -2.14. The van der Waals surface area contributed by atoms with Crippen LogP contribution in [-0.2, 0) is 16.1 Å². The standard InChI is InChI=1S/C20H27N3O2/c1-15-5-3-7-17(11-15)13-23-19(9-10-21-23)22-20(24)14-25-18-8-4-6-16(2)12-18/h3,5,7,9-11,16,18H,4,6,8,12-14H2,1-2H3,(H,22,24). The Labute approximate surface area is 149 Å². The number of nitrogens with one attached hydrogen (secondary N) is 1. The second kappa shape index (κ2) is 8.30. The van der Waals surface area contributed by atoms with E-state index in [-0.39, 0.29) is 18.6 Å². The molecule has 1 heterocycles. The fraction of sp³-hybridized carbons (Fsp3) is 0.500. The molecule has 134 valence electrons. The van der Waals surface area contributed by atoms with Crippen LogP contribution in [0, 0.1) is 12.8 Å². The first-order valence-corrected chi connectivity index (χ1v) is 9.09. The molecule has 0 radical (unpaired) electrons. The fourth-order valence-electron chi connectivity index (χ4n) is 3.45. The van der Waals surface area contributed by atoms with Gasteiger partial charge in [-0.25, -0.2) is 4.68 Å². The van der Waals surface area contributed by atoms with Crippen LogP contribution in [0.15, 0.2) is 36.5 Å². The lowest BCUT2D eigenvalue weighted by molar-refractivity contribution is -0.123. The summed E-state index contributed by atoms with van der Waals surface area (Å²) in [5.74, 6) is 1.27. The van der Waals surface area contributed by atoms with E-state index in [4.69, 9.17) is 4.74 Å². The zero-order chi connectivity index (χ0) is 17.6. The number of ether oxygens (including phenoxy) is 1. The number of nitrogens with zero attached hydrogens (tertiary/aromatic N) is 2. The Kier molecular flexibility index (Phi) is 5.87. The number of amides is 1. The van der Waals surface area contributed by atoms with Gasteiger partial charge in [-0.15, -0.1) is 0 Å². The van der Waals surface area contributed by atoms with E-state index in [0.29, 0.717) is 18.3 Å². The predicted octanol–water partition coefficient (Wildman–Crippen LogP) is 3.77. The zero-order valence-corrected chi connectivity index (χ0v) is 15.1. The van der Waals surface area contributed by atoms with Crippen molar-refractivity contribution in [3.63, 3.8) is 0 Å². The molecular formula is C20H27N3O2. The summed E-state index contributed by atoms with van der Waals surface area (Å²) in [5, 5.41) is 7.23. The third kappa shape index (κ3) is 5.16. The third-order valence-corrected chi connectivity index (χ3v) is 4.74. The van der Waals surface area contributed by atoms with Crippen LogP contribution < -0.4 is 5.32 Å². The quantitative estimate of drug-likeness (QED) is 0.870. The molecule has 1 saturated carbocycles. The molecule has 1 aliphatic rings. The normalized spacial score (nSPS) is 20.4. The van der Waals surface area contributed by atoms with Crippen LogP contribution >= 0.6 is 0 Å². The number of rotatable bonds is 6. The molecule has 5 heteroatoms. The van der Waals surface area contributed by atoms with Gasteiger partial charge in [-0.05, 0) is 31.2 Å². The van der Waals surface area contributed by atoms with Gasteiger partial charge in [0.05, 0.1) is 18.8 Å². The Morgan fingerprint density at radius 1 is 1.36 bits per heavy atom. The second-order valence-corrected chi connectivity index (χ2v) is 7.12. The Morgan fingerprint density at radius 2 is 2.24 bits per heavy atom. The van der Waals surface area contributed by atoms with E-state index < -0.39 is 0 Å². The maximum absolute atomic E-state index is 12.2. The topological polar surface area (TPSA) is 56.2 Å². The van der Waals surface area contributed by atoms with Gasteiger partial charge in [0.15, 0.2) is 0 Å². The summed E-state index contributed by atoms with van der Waals surface area (Å²) in [7, 11) is 0. The summed E-state index contributed by atoms with van der Waals surface area (Å²) < 4.78 is 7.60. The Bertz CT molecular complexity index is 710. The van der Waals surface area contributed by atoms with Gasteiger partial charge in [0.1, 0.15) is 12.4 Å². The minimum absolute atomic E-state index is 0.104. The van der Waals surface area contributed by atoms with Gasteiger partial charge in [0, 0.05) is 6.07 Å². The zero-order valence-electron chi connectivity index (χ0n) is 15.1. The van der Waals surface area contributed by atoms with Gasteiger partial charge in [-0.2, -0.15) is 5.10 Å². The number of carbonyl (C=O) groups is 1. The molecule has 1 aromatic carbocycles. The monoisotopic (exact) mass is 341 g/mol. The maximum atomic E-state index is 12.2. The molecule has 5 nitrogen and oxygen atoms in total. The van der Waals surface area contributed by atoms with Crippen LogP contribution in [0.5, 0.6) is 0 Å². The van der Waals surface area contributed by atoms with Crippen molar-refractivity contribution < 1.29 is 9.53 Å². The van der Waals surface area contributed by atoms with Gasteiger partial charge in [-0.3, -0.25) is 4.79 Å². The summed E-state index contributed by atoms with van der Waals surface area (Å²) in [6.07, 6.45) is 6.49. The van der Waals surface area contributed by atoms with Gasteiger partial charge in [-0.1, -0.05) is 49.6 Å². The molecule has 25 heavy (non-hydrogen) atoms. The van der Waals surface area contributed by atoms with E-state index >= 15 is 0 Å². The van der Waals surface area contributed by atoms with Crippen molar-refractivity contribution in [3.8, 4) is 0 Å². The molecule has 2 aromatic rings. The first-order valence-electron chi connectivity index (χ1n) is 9.09. The number of benzene rings is 1. The molecule has 2 unspecified atom stereocenters. The predicted molar refractivity (Wildman–Crippen MR) is 98.5 cm³/mol. The highest BCUT2D eigenvalue weighted by molar-refractivity contribution is 5.90. The maximum Gasteiger partial charge on any atom is 0.251 e. The van der Waals surface area contributed by atoms with Gasteiger partial charge in [0.25, 0.3) is 5.91 Å². The van der Waals surface area contributed by atoms with Crippen molar-refractivity contribution in [3.05, 3.63) is 47.7 Å². The minimum atomic E-state index is -0.121. The van der Waals surface area contributed by atoms with Crippen LogP contribution in [0.1, 0.15) is 43.7 Å². The number of carbonyl (C=O) groups excluding carboxylic acids is 1. The highest BCUT2D eigenvalue weighted by Crippen LogP contribution is 2.25. The molecule has 2 atom stereocenters. The number of aromatic nitrogens is 2. The van der Waals surface area contributed by atoms with E-state index in [1.807, 2.05) is 12.1 Å². The van der Waals surface area contributed by atoms with E-state index in [0.717, 1.165) is 18.4 Å². The van der Waals surface area contributed by atoms with Crippen LogP contribution in [0.3, 0.4) is 0 Å². The highest BCUT2D eigenvalue weighted by Gasteiger charge is 2.20. The Balaban J connectivity index is 1.52. The van der Waals surface area contributed by atoms with E-state index in [9.17, 15) is 4.79 Å². The smallest absolute Gasteiger partial charge is 0.251 e. The first-order chi connectivity index (χ1) is 12.1. The second-order valence-electron chi connectivity index (χ2n) is 7.12. The number of aryl methyl sites for hydroxylation is 1. The summed E-state index contributed by atoms with van der Waals surface area (Å²) in [6.45, 7) is 5.05. The average Bonchev–Trinajstić information content (AvgIpc) is 3.00. The SMILES string of the molecule is Cc1cccc(Cn2nccc2NC(=O)COC2CCCC(C)C2)c1. The largest absolute Gasteiger partial charge is 0.368 e. The molecule has 0 bridgehead atoms. The van der Waals surface area contributed by atoms with Crippen LogP contribution in [0.4, 0.5) is 5.82 Å². The number of hydrogen-bond donors (Lipinski definition) is 1. The lowest BCUT2D eigenvalue weighted by Crippen LogP contribution is -2.27. The van der Waals surface area contributed by atoms with Crippen molar-refractivity contribution in [1.82, 2.24) is 9.78 Å². The molecule has 3 rings (SSSR count). The first kappa shape index (κ1) is 17.7. The fourth-order valence-corrected chi connectivity index (χ4v) is 3.45. The van der Waals surface area contributed by atoms with Crippen molar-refractivity contribution in [1.29, 1.82) is 0 Å². The molecule has 1 aromatic heterocycles. The van der Waals surface area contributed by atoms with Crippen LogP contribution in [-0.4, -0.2) is 28.4 Å². The van der Waals surface area contributed by atoms with Crippen molar-refractivity contribution >= 4 is 11.7 Å². The lowest BCUT2D eigenvalue weighted by Gasteiger charge is -2.26. The molecule has 1 N–H and O–H groups in total. The summed E-state index contributed by atoms with van der Waals surface area (Å²) in [6, 6.07) is 10.1. The highest BCUT2D eigenvalue weighted by atomic mass is 16.5. The summed E-state index contributed by atoms with van der Waals surface area (Å²) in [5.41, 5.74) is 2.37. The summed E-state index contributed by atoms with van der Waals surface area (Å²) in [4.78, 5) is 12.2. The van der Waals surface area contributed by atoms with Crippen molar-refractivity contribution in [2.45, 2.75) is 52.2 Å².